The molecule has 13 heavy (non-hydrogen) atoms. The summed E-state index contributed by atoms with van der Waals surface area (Å²) >= 11 is 0. The van der Waals surface area contributed by atoms with Crippen molar-refractivity contribution in [2.75, 3.05) is 11.9 Å². The molecule has 0 spiro atoms. The van der Waals surface area contributed by atoms with Gasteiger partial charge in [0.2, 0.25) is 0 Å². The molecule has 0 aliphatic heterocycles. The average molecular weight is 179 g/mol. The first kappa shape index (κ1) is 9.90. The third-order valence-electron chi connectivity index (χ3n) is 1.85. The van der Waals surface area contributed by atoms with Gasteiger partial charge in [-0.2, -0.15) is 0 Å². The number of aromatic hydroxyl groups is 1. The van der Waals surface area contributed by atoms with E-state index in [0.29, 0.717) is 11.7 Å². The molecule has 72 valence electrons. The molecule has 2 nitrogen and oxygen atoms in total. The molecule has 1 aromatic rings. The van der Waals surface area contributed by atoms with Crippen LogP contribution in [0.3, 0.4) is 0 Å². The SMILES string of the molecule is Cc1ccc(NCC(C)C)c(O)c1. The van der Waals surface area contributed by atoms with Gasteiger partial charge in [0.25, 0.3) is 0 Å². The summed E-state index contributed by atoms with van der Waals surface area (Å²) in [6.45, 7) is 7.12. The highest BCUT2D eigenvalue weighted by Gasteiger charge is 2.00. The van der Waals surface area contributed by atoms with Crippen molar-refractivity contribution < 1.29 is 5.11 Å². The van der Waals surface area contributed by atoms with E-state index in [2.05, 4.69) is 19.2 Å². The zero-order chi connectivity index (χ0) is 9.84. The van der Waals surface area contributed by atoms with Gasteiger partial charge in [0.05, 0.1) is 5.69 Å². The first-order chi connectivity index (χ1) is 6.09. The van der Waals surface area contributed by atoms with Gasteiger partial charge < -0.3 is 10.4 Å². The van der Waals surface area contributed by atoms with Gasteiger partial charge in [-0.1, -0.05) is 19.9 Å². The summed E-state index contributed by atoms with van der Waals surface area (Å²) in [5.74, 6) is 0.918. The molecule has 0 aliphatic carbocycles. The predicted octanol–water partition coefficient (Wildman–Crippen LogP) is 2.77. The summed E-state index contributed by atoms with van der Waals surface area (Å²) in [7, 11) is 0. The summed E-state index contributed by atoms with van der Waals surface area (Å²) in [4.78, 5) is 0. The molecular weight excluding hydrogens is 162 g/mol. The van der Waals surface area contributed by atoms with Crippen LogP contribution in [0.1, 0.15) is 19.4 Å². The first-order valence-electron chi connectivity index (χ1n) is 4.63. The van der Waals surface area contributed by atoms with Gasteiger partial charge in [-0.05, 0) is 30.5 Å². The molecule has 0 bridgehead atoms. The fourth-order valence-corrected chi connectivity index (χ4v) is 1.11. The van der Waals surface area contributed by atoms with Crippen LogP contribution < -0.4 is 5.32 Å². The third-order valence-corrected chi connectivity index (χ3v) is 1.85. The lowest BCUT2D eigenvalue weighted by Gasteiger charge is -2.10. The Kier molecular flexibility index (Phi) is 3.18. The second-order valence-corrected chi connectivity index (χ2v) is 3.80. The lowest BCUT2D eigenvalue weighted by Crippen LogP contribution is -2.07. The van der Waals surface area contributed by atoms with Crippen LogP contribution in [-0.4, -0.2) is 11.7 Å². The molecule has 0 saturated carbocycles. The minimum Gasteiger partial charge on any atom is -0.506 e. The summed E-state index contributed by atoms with van der Waals surface area (Å²) in [6, 6.07) is 5.66. The van der Waals surface area contributed by atoms with E-state index >= 15 is 0 Å². The maximum Gasteiger partial charge on any atom is 0.138 e. The predicted molar refractivity (Wildman–Crippen MR) is 56.2 cm³/mol. The highest BCUT2D eigenvalue weighted by atomic mass is 16.3. The molecule has 0 aromatic heterocycles. The number of benzene rings is 1. The van der Waals surface area contributed by atoms with E-state index in [9.17, 15) is 5.11 Å². The molecule has 0 saturated heterocycles. The number of hydrogen-bond acceptors (Lipinski definition) is 2. The van der Waals surface area contributed by atoms with Gasteiger partial charge in [-0.25, -0.2) is 0 Å². The number of phenolic OH excluding ortho intramolecular Hbond substituents is 1. The van der Waals surface area contributed by atoms with E-state index in [0.717, 1.165) is 17.8 Å². The maximum atomic E-state index is 9.54. The van der Waals surface area contributed by atoms with Crippen LogP contribution in [0.15, 0.2) is 18.2 Å². The summed E-state index contributed by atoms with van der Waals surface area (Å²) in [6.07, 6.45) is 0. The van der Waals surface area contributed by atoms with Crippen LogP contribution in [-0.2, 0) is 0 Å². The van der Waals surface area contributed by atoms with E-state index in [1.165, 1.54) is 0 Å². The number of rotatable bonds is 3. The zero-order valence-electron chi connectivity index (χ0n) is 8.46. The largest absolute Gasteiger partial charge is 0.506 e. The molecule has 0 atom stereocenters. The van der Waals surface area contributed by atoms with Crippen LogP contribution in [0.2, 0.25) is 0 Å². The van der Waals surface area contributed by atoms with Gasteiger partial charge >= 0.3 is 0 Å². The number of anilines is 1. The van der Waals surface area contributed by atoms with Crippen molar-refractivity contribution in [2.24, 2.45) is 5.92 Å². The number of phenols is 1. The van der Waals surface area contributed by atoms with Gasteiger partial charge in [-0.15, -0.1) is 0 Å². The van der Waals surface area contributed by atoms with Gasteiger partial charge in [0.15, 0.2) is 0 Å². The molecule has 0 aliphatic rings. The van der Waals surface area contributed by atoms with Crippen LogP contribution in [0, 0.1) is 12.8 Å². The third kappa shape index (κ3) is 2.98. The van der Waals surface area contributed by atoms with Crippen molar-refractivity contribution in [1.82, 2.24) is 0 Å². The fraction of sp³-hybridized carbons (Fsp3) is 0.455. The molecule has 0 unspecified atom stereocenters. The Balaban J connectivity index is 2.67. The molecule has 0 fully saturated rings. The normalized spacial score (nSPS) is 10.5. The van der Waals surface area contributed by atoms with Crippen LogP contribution in [0.25, 0.3) is 0 Å². The Hall–Kier alpha value is -1.18. The molecule has 1 aromatic carbocycles. The fourth-order valence-electron chi connectivity index (χ4n) is 1.11. The molecule has 0 heterocycles. The second-order valence-electron chi connectivity index (χ2n) is 3.80. The van der Waals surface area contributed by atoms with E-state index in [4.69, 9.17) is 0 Å². The second kappa shape index (κ2) is 4.17. The van der Waals surface area contributed by atoms with E-state index in [1.54, 1.807) is 6.07 Å². The quantitative estimate of drug-likeness (QED) is 0.699. The summed E-state index contributed by atoms with van der Waals surface area (Å²) < 4.78 is 0. The molecule has 2 N–H and O–H groups in total. The molecule has 0 radical (unpaired) electrons. The maximum absolute atomic E-state index is 9.54. The Morgan fingerprint density at radius 1 is 1.38 bits per heavy atom. The zero-order valence-corrected chi connectivity index (χ0v) is 8.46. The number of hydrogen-bond donors (Lipinski definition) is 2. The highest BCUT2D eigenvalue weighted by molar-refractivity contribution is 5.56. The molecule has 2 heteroatoms. The molecule has 1 rings (SSSR count). The van der Waals surface area contributed by atoms with Gasteiger partial charge in [-0.3, -0.25) is 0 Å². The van der Waals surface area contributed by atoms with Crippen molar-refractivity contribution in [3.05, 3.63) is 23.8 Å². The van der Waals surface area contributed by atoms with Crippen molar-refractivity contribution in [2.45, 2.75) is 20.8 Å². The Labute approximate surface area is 79.6 Å². The Bertz CT molecular complexity index is 281. The van der Waals surface area contributed by atoms with E-state index < -0.39 is 0 Å². The smallest absolute Gasteiger partial charge is 0.138 e. The van der Waals surface area contributed by atoms with Crippen LogP contribution in [0.4, 0.5) is 5.69 Å². The standard InChI is InChI=1S/C11H17NO/c1-8(2)7-12-10-5-4-9(3)6-11(10)13/h4-6,8,12-13H,7H2,1-3H3. The Morgan fingerprint density at radius 2 is 2.08 bits per heavy atom. The lowest BCUT2D eigenvalue weighted by atomic mass is 10.2. The van der Waals surface area contributed by atoms with Gasteiger partial charge in [0.1, 0.15) is 5.75 Å². The van der Waals surface area contributed by atoms with Gasteiger partial charge in [0, 0.05) is 6.54 Å². The molecule has 0 amide bonds. The summed E-state index contributed by atoms with van der Waals surface area (Å²) in [5.41, 5.74) is 1.90. The van der Waals surface area contributed by atoms with Crippen molar-refractivity contribution in [3.63, 3.8) is 0 Å². The van der Waals surface area contributed by atoms with Crippen molar-refractivity contribution >= 4 is 5.69 Å². The monoisotopic (exact) mass is 179 g/mol. The van der Waals surface area contributed by atoms with E-state index in [-0.39, 0.29) is 0 Å². The minimum atomic E-state index is 0.334. The van der Waals surface area contributed by atoms with Crippen molar-refractivity contribution in [3.8, 4) is 5.75 Å². The Morgan fingerprint density at radius 3 is 2.62 bits per heavy atom. The lowest BCUT2D eigenvalue weighted by molar-refractivity contribution is 0.476. The topological polar surface area (TPSA) is 32.3 Å². The average Bonchev–Trinajstić information content (AvgIpc) is 2.02. The number of nitrogens with one attached hydrogen (secondary N) is 1. The van der Waals surface area contributed by atoms with Crippen molar-refractivity contribution in [1.29, 1.82) is 0 Å². The van der Waals surface area contributed by atoms with Crippen LogP contribution >= 0.6 is 0 Å². The molecular formula is C11H17NO. The van der Waals surface area contributed by atoms with Crippen LogP contribution in [0.5, 0.6) is 5.75 Å². The summed E-state index contributed by atoms with van der Waals surface area (Å²) in [5, 5.41) is 12.7. The first-order valence-corrected chi connectivity index (χ1v) is 4.63. The number of aryl methyl sites for hydroxylation is 1. The van der Waals surface area contributed by atoms with E-state index in [1.807, 2.05) is 19.1 Å². The minimum absolute atomic E-state index is 0.334. The highest BCUT2D eigenvalue weighted by Crippen LogP contribution is 2.23.